The van der Waals surface area contributed by atoms with Crippen molar-refractivity contribution in [1.82, 2.24) is 10.2 Å². The molecule has 4 aromatic carbocycles. The molecule has 0 spiro atoms. The number of ketones is 3. The van der Waals surface area contributed by atoms with Crippen molar-refractivity contribution >= 4 is 40.8 Å². The molecule has 5 rings (SSSR count). The number of nitriles is 1. The molecule has 0 fully saturated rings. The zero-order chi connectivity index (χ0) is 41.2. The molecule has 5 N–H and O–H groups in total. The maximum Gasteiger partial charge on any atom is 0.226 e. The Morgan fingerprint density at radius 3 is 2.19 bits per heavy atom. The van der Waals surface area contributed by atoms with Crippen LogP contribution in [0.4, 0.5) is 0 Å². The van der Waals surface area contributed by atoms with Crippen molar-refractivity contribution in [2.24, 2.45) is 17.6 Å². The Kier molecular flexibility index (Phi) is 14.4. The van der Waals surface area contributed by atoms with Crippen LogP contribution in [0.15, 0.2) is 84.9 Å². The largest absolute Gasteiger partial charge is 0.507 e. The molecule has 4 aromatic rings. The number of unbranched alkanes of at least 4 members (excludes halogenated alkanes) is 1. The highest BCUT2D eigenvalue weighted by Crippen LogP contribution is 2.40. The number of carbonyl (C=O) groups excluding carboxylic acids is 5. The van der Waals surface area contributed by atoms with Crippen LogP contribution in [0.2, 0.25) is 5.02 Å². The highest BCUT2D eigenvalue weighted by molar-refractivity contribution is 6.30. The molecule has 1 heterocycles. The normalized spacial score (nSPS) is 17.4. The minimum absolute atomic E-state index is 0.0427. The summed E-state index contributed by atoms with van der Waals surface area (Å²) in [4.78, 5) is 70.8. The van der Waals surface area contributed by atoms with Gasteiger partial charge in [-0.2, -0.15) is 5.26 Å². The summed E-state index contributed by atoms with van der Waals surface area (Å²) in [6.45, 7) is 1.95. The Bertz CT molecular complexity index is 2160. The fraction of sp³-hybridized carbons (Fsp3) is 0.333. The summed E-state index contributed by atoms with van der Waals surface area (Å²) in [6, 6.07) is 23.1. The number of hydrogen-bond donors (Lipinski definition) is 4. The number of hydrogen-bond acceptors (Lipinski definition) is 9. The third-order valence-electron chi connectivity index (χ3n) is 10.5. The smallest absolute Gasteiger partial charge is 0.226 e. The van der Waals surface area contributed by atoms with Crippen molar-refractivity contribution in [3.05, 3.63) is 107 Å². The minimum atomic E-state index is -1.25. The van der Waals surface area contributed by atoms with Crippen LogP contribution in [0.25, 0.3) is 22.3 Å². The zero-order valence-electron chi connectivity index (χ0n) is 32.0. The van der Waals surface area contributed by atoms with Gasteiger partial charge in [-0.3, -0.25) is 24.0 Å². The molecule has 0 aromatic heterocycles. The number of benzene rings is 4. The third-order valence-corrected chi connectivity index (χ3v) is 10.7. The van der Waals surface area contributed by atoms with Crippen molar-refractivity contribution < 1.29 is 34.2 Å². The number of rotatable bonds is 13. The number of likely N-dealkylation sites (N-methyl/N-ethyl adjacent to an activating group) is 1. The topological polar surface area (TPSA) is 191 Å². The van der Waals surface area contributed by atoms with Crippen molar-refractivity contribution in [3.63, 3.8) is 0 Å². The first-order chi connectivity index (χ1) is 27.3. The first-order valence-electron chi connectivity index (χ1n) is 19.0. The molecule has 0 saturated heterocycles. The van der Waals surface area contributed by atoms with Crippen LogP contribution in [0.1, 0.15) is 79.4 Å². The lowest BCUT2D eigenvalue weighted by atomic mass is 9.87. The van der Waals surface area contributed by atoms with Gasteiger partial charge in [-0.1, -0.05) is 73.5 Å². The molecule has 0 saturated carbocycles. The SMILES string of the molecule is C[C@@H]1CC(=O)[C@@H](N(C)C(=O)[C@H](CCCCN)CC(=O)c2ccc(-c3ccc(Cl)cc3)cc2)c2ccc(O)c(c2)-c2cc(ccc2O)C[C@@H](C(=O)CCC#N)NC1=O. The number of fused-ring (bicyclic) bond motifs is 5. The van der Waals surface area contributed by atoms with Gasteiger partial charge < -0.3 is 26.2 Å². The predicted octanol–water partition coefficient (Wildman–Crippen LogP) is 7.11. The number of halogens is 1. The summed E-state index contributed by atoms with van der Waals surface area (Å²) in [7, 11) is 1.48. The molecule has 2 amide bonds. The summed E-state index contributed by atoms with van der Waals surface area (Å²) in [5, 5.41) is 34.5. The van der Waals surface area contributed by atoms with Crippen molar-refractivity contribution in [2.75, 3.05) is 13.6 Å². The fourth-order valence-corrected chi connectivity index (χ4v) is 7.37. The standard InChI is InChI=1S/C45H47ClN4O7/c1-27-22-42(55)43(32-15-19-39(52)36(25-32)35-23-28(8-18-38(35)51)24-37(49-44(27)56)40(53)7-5-21-48)50(2)45(57)33(6-3-4-20-47)26-41(54)31-11-9-29(10-12-31)30-13-16-34(46)17-14-30/h8-19,23,25,27,33,37,43,51-52H,3-7,20,22,24,26,47H2,1-2H3,(H,49,56)/t27-,33-,37+,43+/m1/s1. The van der Waals surface area contributed by atoms with Gasteiger partial charge in [-0.15, -0.1) is 0 Å². The van der Waals surface area contributed by atoms with Crippen molar-refractivity contribution in [3.8, 4) is 39.8 Å². The van der Waals surface area contributed by atoms with Gasteiger partial charge >= 0.3 is 0 Å². The summed E-state index contributed by atoms with van der Waals surface area (Å²) in [5.74, 6) is -4.24. The van der Waals surface area contributed by atoms with Gasteiger partial charge in [-0.25, -0.2) is 0 Å². The van der Waals surface area contributed by atoms with Crippen LogP contribution in [-0.2, 0) is 25.6 Å². The van der Waals surface area contributed by atoms with E-state index in [2.05, 4.69) is 5.32 Å². The Balaban J connectivity index is 1.50. The number of phenols is 2. The van der Waals surface area contributed by atoms with Crippen LogP contribution in [0.5, 0.6) is 11.5 Å². The molecule has 12 heteroatoms. The van der Waals surface area contributed by atoms with E-state index in [1.54, 1.807) is 43.3 Å². The Labute approximate surface area is 337 Å². The highest BCUT2D eigenvalue weighted by atomic mass is 35.5. The van der Waals surface area contributed by atoms with Gasteiger partial charge in [0.25, 0.3) is 0 Å². The van der Waals surface area contributed by atoms with E-state index >= 15 is 0 Å². The molecular formula is C45H47ClN4O7. The van der Waals surface area contributed by atoms with Crippen LogP contribution in [0, 0.1) is 23.2 Å². The molecule has 0 radical (unpaired) electrons. The van der Waals surface area contributed by atoms with Gasteiger partial charge in [0.2, 0.25) is 11.8 Å². The number of Topliss-reactive ketones (excluding diaryl/α,β-unsaturated/α-hetero) is 3. The monoisotopic (exact) mass is 790 g/mol. The molecule has 296 valence electrons. The molecular weight excluding hydrogens is 744 g/mol. The van der Waals surface area contributed by atoms with E-state index < -0.39 is 41.5 Å². The molecule has 11 nitrogen and oxygen atoms in total. The molecule has 0 unspecified atom stereocenters. The Morgan fingerprint density at radius 1 is 0.912 bits per heavy atom. The lowest BCUT2D eigenvalue weighted by molar-refractivity contribution is -0.142. The lowest BCUT2D eigenvalue weighted by Gasteiger charge is -2.32. The summed E-state index contributed by atoms with van der Waals surface area (Å²) in [5.41, 5.74) is 9.32. The zero-order valence-corrected chi connectivity index (χ0v) is 32.8. The molecule has 0 aliphatic carbocycles. The second kappa shape index (κ2) is 19.4. The fourth-order valence-electron chi connectivity index (χ4n) is 7.24. The van der Waals surface area contributed by atoms with E-state index in [1.807, 2.05) is 30.3 Å². The Morgan fingerprint density at radius 2 is 1.54 bits per heavy atom. The van der Waals surface area contributed by atoms with E-state index in [9.17, 15) is 34.2 Å². The average Bonchev–Trinajstić information content (AvgIpc) is 3.20. The van der Waals surface area contributed by atoms with Crippen LogP contribution < -0.4 is 11.1 Å². The van der Waals surface area contributed by atoms with E-state index in [4.69, 9.17) is 22.6 Å². The predicted molar refractivity (Wildman–Crippen MR) is 217 cm³/mol. The van der Waals surface area contributed by atoms with Crippen molar-refractivity contribution in [2.45, 2.75) is 70.4 Å². The highest BCUT2D eigenvalue weighted by Gasteiger charge is 2.36. The molecule has 1 aliphatic heterocycles. The van der Waals surface area contributed by atoms with Gasteiger partial charge in [0.15, 0.2) is 17.3 Å². The van der Waals surface area contributed by atoms with Gasteiger partial charge in [0.1, 0.15) is 17.5 Å². The second-order valence-electron chi connectivity index (χ2n) is 14.6. The number of amides is 2. The summed E-state index contributed by atoms with van der Waals surface area (Å²) < 4.78 is 0. The quantitative estimate of drug-likeness (QED) is 0.0807. The Hall–Kier alpha value is -5.83. The minimum Gasteiger partial charge on any atom is -0.507 e. The van der Waals surface area contributed by atoms with E-state index in [0.29, 0.717) is 47.5 Å². The van der Waals surface area contributed by atoms with E-state index in [1.165, 1.54) is 36.2 Å². The number of aromatic hydroxyl groups is 2. The van der Waals surface area contributed by atoms with Gasteiger partial charge in [0.05, 0.1) is 12.1 Å². The molecule has 4 bridgehead atoms. The third kappa shape index (κ3) is 10.5. The first-order valence-corrected chi connectivity index (χ1v) is 19.4. The average molecular weight is 791 g/mol. The maximum absolute atomic E-state index is 14.6. The number of nitrogens with two attached hydrogens (primary N) is 1. The van der Waals surface area contributed by atoms with Crippen molar-refractivity contribution in [1.29, 1.82) is 5.26 Å². The molecule has 57 heavy (non-hydrogen) atoms. The van der Waals surface area contributed by atoms with Gasteiger partial charge in [0, 0.05) is 66.3 Å². The molecule has 4 atom stereocenters. The van der Waals surface area contributed by atoms with Crippen LogP contribution >= 0.6 is 11.6 Å². The summed E-state index contributed by atoms with van der Waals surface area (Å²) >= 11 is 6.04. The van der Waals surface area contributed by atoms with Gasteiger partial charge in [-0.05, 0) is 84.5 Å². The number of carbonyl (C=O) groups is 5. The van der Waals surface area contributed by atoms with E-state index in [-0.39, 0.29) is 66.3 Å². The van der Waals surface area contributed by atoms with Crippen LogP contribution in [0.3, 0.4) is 0 Å². The number of nitrogens with zero attached hydrogens (tertiary/aromatic N) is 2. The lowest BCUT2D eigenvalue weighted by Crippen LogP contribution is -2.45. The molecule has 1 aliphatic rings. The van der Waals surface area contributed by atoms with Crippen LogP contribution in [-0.4, -0.2) is 63.9 Å². The van der Waals surface area contributed by atoms with E-state index in [0.717, 1.165) is 11.1 Å². The number of phenolic OH excluding ortho intramolecular Hbond substituents is 2. The summed E-state index contributed by atoms with van der Waals surface area (Å²) in [6.07, 6.45) is 0.980. The maximum atomic E-state index is 14.6. The number of nitrogens with one attached hydrogen (secondary N) is 1. The first kappa shape index (κ1) is 42.3. The second-order valence-corrected chi connectivity index (χ2v) is 15.1.